The number of amides is 1. The normalized spacial score (nSPS) is 26.5. The molecule has 2 rings (SSSR count). The zero-order valence-corrected chi connectivity index (χ0v) is 12.5. The molecule has 0 spiro atoms. The number of methoxy groups -OCH3 is 1. The number of carbonyl (C=O) groups is 1. The van der Waals surface area contributed by atoms with E-state index in [0.717, 1.165) is 11.3 Å². The maximum absolute atomic E-state index is 12.5. The molecule has 0 radical (unpaired) electrons. The van der Waals surface area contributed by atoms with Gasteiger partial charge in [0.15, 0.2) is 0 Å². The van der Waals surface area contributed by atoms with Gasteiger partial charge < -0.3 is 9.64 Å². The van der Waals surface area contributed by atoms with Gasteiger partial charge in [-0.2, -0.15) is 0 Å². The van der Waals surface area contributed by atoms with Crippen LogP contribution in [0, 0.1) is 5.92 Å². The molecular formula is C16H22N2O2. The number of ether oxygens (including phenoxy) is 1. The summed E-state index contributed by atoms with van der Waals surface area (Å²) < 4.78 is 5.15. The van der Waals surface area contributed by atoms with E-state index in [0.29, 0.717) is 6.54 Å². The minimum Gasteiger partial charge on any atom is -0.497 e. The van der Waals surface area contributed by atoms with Crippen molar-refractivity contribution in [2.45, 2.75) is 39.4 Å². The fourth-order valence-electron chi connectivity index (χ4n) is 2.29. The van der Waals surface area contributed by atoms with Gasteiger partial charge in [0, 0.05) is 12.8 Å². The molecule has 108 valence electrons. The van der Waals surface area contributed by atoms with E-state index in [1.54, 1.807) is 7.11 Å². The second-order valence-corrected chi connectivity index (χ2v) is 5.38. The number of hydrogen-bond donors (Lipinski definition) is 0. The Hall–Kier alpha value is -1.84. The molecule has 1 heterocycles. The lowest BCUT2D eigenvalue weighted by Gasteiger charge is -2.28. The summed E-state index contributed by atoms with van der Waals surface area (Å²) >= 11 is 0. The third-order valence-corrected chi connectivity index (χ3v) is 3.94. The molecule has 1 amide bonds. The number of hydrogen-bond acceptors (Lipinski definition) is 3. The molecule has 0 saturated carbocycles. The summed E-state index contributed by atoms with van der Waals surface area (Å²) in [5.41, 5.74) is 1.10. The summed E-state index contributed by atoms with van der Waals surface area (Å²) in [4.78, 5) is 18.9. The van der Waals surface area contributed by atoms with Gasteiger partial charge in [0.05, 0.1) is 25.1 Å². The standard InChI is InChI=1S/C16H22N2O2/c1-11-9-17-13(3)12(2)16(19)18(11)10-14-5-7-15(20-4)8-6-14/h5-9,11-13H,10H2,1-4H3/t11?,12-,13?/m1/s1. The minimum absolute atomic E-state index is 0.0250. The van der Waals surface area contributed by atoms with E-state index in [2.05, 4.69) is 4.99 Å². The largest absolute Gasteiger partial charge is 0.497 e. The number of benzene rings is 1. The Kier molecular flexibility index (Phi) is 4.42. The van der Waals surface area contributed by atoms with Crippen LogP contribution in [0.25, 0.3) is 0 Å². The highest BCUT2D eigenvalue weighted by Gasteiger charge is 2.30. The lowest BCUT2D eigenvalue weighted by atomic mass is 10.0. The van der Waals surface area contributed by atoms with Gasteiger partial charge in [-0.15, -0.1) is 0 Å². The number of aliphatic imine (C=N–C) groups is 1. The maximum atomic E-state index is 12.5. The Morgan fingerprint density at radius 3 is 2.45 bits per heavy atom. The number of nitrogens with zero attached hydrogens (tertiary/aromatic N) is 2. The third-order valence-electron chi connectivity index (χ3n) is 3.94. The SMILES string of the molecule is COc1ccc(CN2C(=O)[C@H](C)C(C)N=CC2C)cc1. The van der Waals surface area contributed by atoms with Crippen molar-refractivity contribution in [2.75, 3.05) is 7.11 Å². The van der Waals surface area contributed by atoms with Crippen LogP contribution in [0.2, 0.25) is 0 Å². The van der Waals surface area contributed by atoms with Crippen molar-refractivity contribution in [1.29, 1.82) is 0 Å². The summed E-state index contributed by atoms with van der Waals surface area (Å²) in [6.45, 7) is 6.55. The van der Waals surface area contributed by atoms with E-state index in [1.165, 1.54) is 0 Å². The second-order valence-electron chi connectivity index (χ2n) is 5.38. The molecule has 0 aliphatic carbocycles. The van der Waals surface area contributed by atoms with Crippen molar-refractivity contribution in [3.05, 3.63) is 29.8 Å². The first-order valence-corrected chi connectivity index (χ1v) is 6.99. The van der Waals surface area contributed by atoms with Gasteiger partial charge in [-0.1, -0.05) is 19.1 Å². The lowest BCUT2D eigenvalue weighted by molar-refractivity contribution is -0.136. The fraction of sp³-hybridized carbons (Fsp3) is 0.500. The molecule has 2 unspecified atom stereocenters. The molecule has 4 nitrogen and oxygen atoms in total. The van der Waals surface area contributed by atoms with E-state index in [1.807, 2.05) is 56.2 Å². The van der Waals surface area contributed by atoms with Crippen LogP contribution in [0.5, 0.6) is 5.75 Å². The molecule has 1 aromatic carbocycles. The van der Waals surface area contributed by atoms with Gasteiger partial charge in [-0.25, -0.2) is 0 Å². The molecule has 0 bridgehead atoms. The summed E-state index contributed by atoms with van der Waals surface area (Å²) in [5.74, 6) is 0.917. The van der Waals surface area contributed by atoms with Gasteiger partial charge in [0.2, 0.25) is 5.91 Å². The van der Waals surface area contributed by atoms with Gasteiger partial charge in [-0.05, 0) is 31.5 Å². The van der Waals surface area contributed by atoms with Crippen molar-refractivity contribution in [3.63, 3.8) is 0 Å². The lowest BCUT2D eigenvalue weighted by Crippen LogP contribution is -2.41. The smallest absolute Gasteiger partial charge is 0.228 e. The Balaban J connectivity index is 2.17. The van der Waals surface area contributed by atoms with Crippen LogP contribution in [-0.4, -0.2) is 36.2 Å². The van der Waals surface area contributed by atoms with Crippen molar-refractivity contribution in [1.82, 2.24) is 4.90 Å². The highest BCUT2D eigenvalue weighted by atomic mass is 16.5. The molecule has 0 saturated heterocycles. The number of carbonyl (C=O) groups excluding carboxylic acids is 1. The van der Waals surface area contributed by atoms with Crippen LogP contribution in [-0.2, 0) is 11.3 Å². The molecular weight excluding hydrogens is 252 g/mol. The van der Waals surface area contributed by atoms with E-state index in [9.17, 15) is 4.79 Å². The van der Waals surface area contributed by atoms with E-state index in [4.69, 9.17) is 4.74 Å². The van der Waals surface area contributed by atoms with Crippen molar-refractivity contribution < 1.29 is 9.53 Å². The maximum Gasteiger partial charge on any atom is 0.228 e. The van der Waals surface area contributed by atoms with Crippen molar-refractivity contribution >= 4 is 12.1 Å². The first-order chi connectivity index (χ1) is 9.52. The van der Waals surface area contributed by atoms with Crippen molar-refractivity contribution in [2.24, 2.45) is 10.9 Å². The quantitative estimate of drug-likeness (QED) is 0.850. The van der Waals surface area contributed by atoms with Crippen LogP contribution in [0.1, 0.15) is 26.3 Å². The molecule has 0 aromatic heterocycles. The second kappa shape index (κ2) is 6.07. The van der Waals surface area contributed by atoms with E-state index < -0.39 is 0 Å². The van der Waals surface area contributed by atoms with Gasteiger partial charge in [-0.3, -0.25) is 9.79 Å². The average molecular weight is 274 g/mol. The molecule has 3 atom stereocenters. The third kappa shape index (κ3) is 3.00. The van der Waals surface area contributed by atoms with Gasteiger partial charge in [0.1, 0.15) is 5.75 Å². The Morgan fingerprint density at radius 1 is 1.20 bits per heavy atom. The summed E-state index contributed by atoms with van der Waals surface area (Å²) in [6, 6.07) is 7.90. The van der Waals surface area contributed by atoms with Crippen LogP contribution < -0.4 is 4.74 Å². The fourth-order valence-corrected chi connectivity index (χ4v) is 2.29. The Labute approximate surface area is 120 Å². The monoisotopic (exact) mass is 274 g/mol. The molecule has 0 fully saturated rings. The molecule has 1 aromatic rings. The molecule has 20 heavy (non-hydrogen) atoms. The van der Waals surface area contributed by atoms with Crippen LogP contribution in [0.3, 0.4) is 0 Å². The predicted molar refractivity (Wildman–Crippen MR) is 80.1 cm³/mol. The molecule has 1 aliphatic rings. The highest BCUT2D eigenvalue weighted by molar-refractivity contribution is 5.84. The Bertz CT molecular complexity index is 496. The zero-order chi connectivity index (χ0) is 14.7. The van der Waals surface area contributed by atoms with E-state index in [-0.39, 0.29) is 23.9 Å². The minimum atomic E-state index is -0.0746. The average Bonchev–Trinajstić information content (AvgIpc) is 2.56. The molecule has 1 aliphatic heterocycles. The highest BCUT2D eigenvalue weighted by Crippen LogP contribution is 2.20. The van der Waals surface area contributed by atoms with Gasteiger partial charge >= 0.3 is 0 Å². The van der Waals surface area contributed by atoms with Crippen molar-refractivity contribution in [3.8, 4) is 5.75 Å². The molecule has 0 N–H and O–H groups in total. The number of rotatable bonds is 3. The summed E-state index contributed by atoms with van der Waals surface area (Å²) in [6.07, 6.45) is 1.88. The van der Waals surface area contributed by atoms with Crippen LogP contribution in [0.4, 0.5) is 0 Å². The first kappa shape index (κ1) is 14.6. The first-order valence-electron chi connectivity index (χ1n) is 6.99. The summed E-state index contributed by atoms with van der Waals surface area (Å²) in [5, 5.41) is 0. The van der Waals surface area contributed by atoms with E-state index >= 15 is 0 Å². The zero-order valence-electron chi connectivity index (χ0n) is 12.5. The Morgan fingerprint density at radius 2 is 1.85 bits per heavy atom. The van der Waals surface area contributed by atoms with Crippen LogP contribution >= 0.6 is 0 Å². The predicted octanol–water partition coefficient (Wildman–Crippen LogP) is 2.52. The summed E-state index contributed by atoms with van der Waals surface area (Å²) in [7, 11) is 1.65. The molecule has 4 heteroatoms. The topological polar surface area (TPSA) is 41.9 Å². The van der Waals surface area contributed by atoms with Crippen LogP contribution in [0.15, 0.2) is 29.3 Å². The van der Waals surface area contributed by atoms with Gasteiger partial charge in [0.25, 0.3) is 0 Å².